The molecule has 20 heavy (non-hydrogen) atoms. The summed E-state index contributed by atoms with van der Waals surface area (Å²) < 4.78 is 5.44. The number of fused-ring (bicyclic) bond motifs is 1. The summed E-state index contributed by atoms with van der Waals surface area (Å²) >= 11 is 1.57. The Morgan fingerprint density at radius 1 is 1.40 bits per heavy atom. The second-order valence-corrected chi connectivity index (χ2v) is 6.28. The maximum atomic E-state index is 12.1. The highest BCUT2D eigenvalue weighted by Gasteiger charge is 2.11. The number of ether oxygens (including phenoxy) is 1. The third-order valence-corrected chi connectivity index (χ3v) is 4.21. The fraction of sp³-hybridized carbons (Fsp3) is 0.571. The monoisotopic (exact) mass is 295 g/mol. The molecule has 0 atom stereocenters. The van der Waals surface area contributed by atoms with Crippen molar-refractivity contribution in [2.75, 3.05) is 13.2 Å². The summed E-state index contributed by atoms with van der Waals surface area (Å²) in [6.45, 7) is 9.93. The van der Waals surface area contributed by atoms with Gasteiger partial charge >= 0.3 is 0 Å². The van der Waals surface area contributed by atoms with Crippen molar-refractivity contribution in [3.63, 3.8) is 0 Å². The van der Waals surface area contributed by atoms with Crippen molar-refractivity contribution in [2.45, 2.75) is 40.3 Å². The average Bonchev–Trinajstić information content (AvgIpc) is 2.64. The van der Waals surface area contributed by atoms with E-state index in [2.05, 4.69) is 15.3 Å². The van der Waals surface area contributed by atoms with Crippen LogP contribution in [0.3, 0.4) is 0 Å². The molecule has 0 radical (unpaired) electrons. The van der Waals surface area contributed by atoms with Gasteiger partial charge in [-0.1, -0.05) is 0 Å². The van der Waals surface area contributed by atoms with Crippen LogP contribution in [-0.4, -0.2) is 29.2 Å². The smallest absolute Gasteiger partial charge is 0.259 e. The maximum Gasteiger partial charge on any atom is 0.259 e. The second-order valence-electron chi connectivity index (χ2n) is 5.07. The van der Waals surface area contributed by atoms with E-state index in [4.69, 9.17) is 4.74 Å². The van der Waals surface area contributed by atoms with E-state index in [-0.39, 0.29) is 11.7 Å². The Hall–Kier alpha value is -1.24. The lowest BCUT2D eigenvalue weighted by atomic mass is 10.2. The molecule has 0 spiro atoms. The van der Waals surface area contributed by atoms with Crippen molar-refractivity contribution in [1.29, 1.82) is 0 Å². The molecule has 0 aromatic carbocycles. The molecular formula is C14H21N3O2S. The number of H-pyrrole nitrogens is 1. The zero-order chi connectivity index (χ0) is 14.7. The highest BCUT2D eigenvalue weighted by molar-refractivity contribution is 7.18. The van der Waals surface area contributed by atoms with Crippen molar-refractivity contribution >= 4 is 21.6 Å². The molecule has 0 aliphatic carbocycles. The summed E-state index contributed by atoms with van der Waals surface area (Å²) in [5.41, 5.74) is 0.982. The molecule has 2 heterocycles. The van der Waals surface area contributed by atoms with E-state index in [0.29, 0.717) is 19.0 Å². The number of hydrogen-bond donors (Lipinski definition) is 2. The molecule has 0 aliphatic heterocycles. The van der Waals surface area contributed by atoms with Gasteiger partial charge in [-0.3, -0.25) is 4.79 Å². The van der Waals surface area contributed by atoms with Crippen LogP contribution in [0.1, 0.15) is 30.1 Å². The van der Waals surface area contributed by atoms with Crippen LogP contribution < -0.4 is 10.9 Å². The molecule has 2 aromatic rings. The van der Waals surface area contributed by atoms with Crippen LogP contribution in [0, 0.1) is 13.8 Å². The largest absolute Gasteiger partial charge is 0.377 e. The van der Waals surface area contributed by atoms with Crippen LogP contribution in [0.5, 0.6) is 0 Å². The average molecular weight is 295 g/mol. The number of nitrogens with zero attached hydrogens (tertiary/aromatic N) is 1. The first kappa shape index (κ1) is 15.2. The number of thiophene rings is 1. The predicted molar refractivity (Wildman–Crippen MR) is 82.5 cm³/mol. The number of aryl methyl sites for hydroxylation is 2. The van der Waals surface area contributed by atoms with Gasteiger partial charge in [-0.2, -0.15) is 0 Å². The van der Waals surface area contributed by atoms with Crippen LogP contribution in [-0.2, 0) is 11.3 Å². The van der Waals surface area contributed by atoms with Gasteiger partial charge in [-0.05, 0) is 33.3 Å². The lowest BCUT2D eigenvalue weighted by Gasteiger charge is -2.08. The van der Waals surface area contributed by atoms with Crippen LogP contribution in [0.15, 0.2) is 4.79 Å². The molecule has 2 aromatic heterocycles. The van der Waals surface area contributed by atoms with Gasteiger partial charge in [0, 0.05) is 11.4 Å². The Balaban J connectivity index is 2.03. The first-order valence-corrected chi connectivity index (χ1v) is 7.62. The molecule has 6 heteroatoms. The van der Waals surface area contributed by atoms with Gasteiger partial charge in [0.25, 0.3) is 5.56 Å². The zero-order valence-corrected chi connectivity index (χ0v) is 13.2. The minimum Gasteiger partial charge on any atom is -0.377 e. The second kappa shape index (κ2) is 6.47. The quantitative estimate of drug-likeness (QED) is 0.801. The van der Waals surface area contributed by atoms with E-state index in [9.17, 15) is 4.79 Å². The Bertz CT molecular complexity index is 646. The van der Waals surface area contributed by atoms with Crippen LogP contribution in [0.4, 0.5) is 0 Å². The molecule has 0 amide bonds. The Morgan fingerprint density at radius 3 is 2.85 bits per heavy atom. The van der Waals surface area contributed by atoms with Crippen molar-refractivity contribution in [3.8, 4) is 0 Å². The maximum absolute atomic E-state index is 12.1. The summed E-state index contributed by atoms with van der Waals surface area (Å²) in [7, 11) is 0. The third kappa shape index (κ3) is 3.45. The SMILES string of the molecule is Cc1sc2nc(CNCCOC(C)C)[nH]c(=O)c2c1C. The Kier molecular flexibility index (Phi) is 4.91. The highest BCUT2D eigenvalue weighted by Crippen LogP contribution is 2.25. The topological polar surface area (TPSA) is 67.0 Å². The Labute approximate surface area is 122 Å². The van der Waals surface area contributed by atoms with E-state index in [1.54, 1.807) is 11.3 Å². The van der Waals surface area contributed by atoms with Crippen LogP contribution in [0.25, 0.3) is 10.2 Å². The molecule has 0 saturated carbocycles. The summed E-state index contributed by atoms with van der Waals surface area (Å²) in [4.78, 5) is 21.4. The number of nitrogens with one attached hydrogen (secondary N) is 2. The standard InChI is InChI=1S/C14H21N3O2S/c1-8(2)19-6-5-15-7-11-16-13(18)12-9(3)10(4)20-14(12)17-11/h8,15H,5-7H2,1-4H3,(H,16,17,18). The molecule has 0 fully saturated rings. The van der Waals surface area contributed by atoms with Crippen molar-refractivity contribution in [2.24, 2.45) is 0 Å². The molecule has 2 N–H and O–H groups in total. The summed E-state index contributed by atoms with van der Waals surface area (Å²) in [5.74, 6) is 0.674. The van der Waals surface area contributed by atoms with Gasteiger partial charge in [0.05, 0.1) is 24.6 Å². The van der Waals surface area contributed by atoms with Gasteiger partial charge in [0.2, 0.25) is 0 Å². The van der Waals surface area contributed by atoms with Gasteiger partial charge in [0.15, 0.2) is 0 Å². The molecule has 0 aliphatic rings. The Morgan fingerprint density at radius 2 is 2.15 bits per heavy atom. The van der Waals surface area contributed by atoms with Gasteiger partial charge < -0.3 is 15.0 Å². The summed E-state index contributed by atoms with van der Waals surface area (Å²) in [6, 6.07) is 0. The van der Waals surface area contributed by atoms with E-state index >= 15 is 0 Å². The lowest BCUT2D eigenvalue weighted by Crippen LogP contribution is -2.23. The number of rotatable bonds is 6. The van der Waals surface area contributed by atoms with E-state index in [1.165, 1.54) is 0 Å². The van der Waals surface area contributed by atoms with Crippen molar-refractivity contribution in [3.05, 3.63) is 26.6 Å². The van der Waals surface area contributed by atoms with Gasteiger partial charge in [-0.25, -0.2) is 4.98 Å². The molecule has 0 bridgehead atoms. The molecular weight excluding hydrogens is 274 g/mol. The molecule has 2 rings (SSSR count). The first-order chi connectivity index (χ1) is 9.49. The van der Waals surface area contributed by atoms with Gasteiger partial charge in [-0.15, -0.1) is 11.3 Å². The lowest BCUT2D eigenvalue weighted by molar-refractivity contribution is 0.0806. The summed E-state index contributed by atoms with van der Waals surface area (Å²) in [6.07, 6.45) is 0.239. The van der Waals surface area contributed by atoms with Crippen LogP contribution >= 0.6 is 11.3 Å². The van der Waals surface area contributed by atoms with E-state index < -0.39 is 0 Å². The third-order valence-electron chi connectivity index (χ3n) is 3.11. The molecule has 5 nitrogen and oxygen atoms in total. The molecule has 0 unspecified atom stereocenters. The summed E-state index contributed by atoms with van der Waals surface area (Å²) in [5, 5.41) is 3.94. The van der Waals surface area contributed by atoms with E-state index in [1.807, 2.05) is 27.7 Å². The van der Waals surface area contributed by atoms with Crippen LogP contribution in [0.2, 0.25) is 0 Å². The number of aromatic nitrogens is 2. The van der Waals surface area contributed by atoms with Crippen molar-refractivity contribution in [1.82, 2.24) is 15.3 Å². The number of hydrogen-bond acceptors (Lipinski definition) is 5. The fourth-order valence-electron chi connectivity index (χ4n) is 1.96. The number of aromatic amines is 1. The first-order valence-electron chi connectivity index (χ1n) is 6.80. The predicted octanol–water partition coefficient (Wildman–Crippen LogP) is 2.12. The minimum absolute atomic E-state index is 0.0490. The zero-order valence-electron chi connectivity index (χ0n) is 12.4. The normalized spacial score (nSPS) is 11.7. The van der Waals surface area contributed by atoms with E-state index in [0.717, 1.165) is 27.2 Å². The van der Waals surface area contributed by atoms with Crippen molar-refractivity contribution < 1.29 is 4.74 Å². The van der Waals surface area contributed by atoms with Gasteiger partial charge in [0.1, 0.15) is 10.7 Å². The fourth-order valence-corrected chi connectivity index (χ4v) is 3.01. The molecule has 110 valence electrons. The molecule has 0 saturated heterocycles. The highest BCUT2D eigenvalue weighted by atomic mass is 32.1. The minimum atomic E-state index is -0.0490.